The first-order valence-electron chi connectivity index (χ1n) is 6.92. The van der Waals surface area contributed by atoms with Gasteiger partial charge in [-0.2, -0.15) is 0 Å². The van der Waals surface area contributed by atoms with Crippen molar-refractivity contribution in [3.63, 3.8) is 0 Å². The van der Waals surface area contributed by atoms with E-state index in [0.717, 1.165) is 29.9 Å². The minimum absolute atomic E-state index is 0.0523. The Bertz CT molecular complexity index is 619. The Hall–Kier alpha value is -2.03. The molecule has 3 heteroatoms. The van der Waals surface area contributed by atoms with Gasteiger partial charge in [-0.15, -0.1) is 0 Å². The molecular formula is C17H18FNO. The number of halogens is 1. The number of benzene rings is 2. The number of hydrogen-bond donors (Lipinski definition) is 1. The molecule has 104 valence electrons. The quantitative estimate of drug-likeness (QED) is 0.901. The van der Waals surface area contributed by atoms with Crippen LogP contribution >= 0.6 is 0 Å². The Morgan fingerprint density at radius 2 is 2.10 bits per heavy atom. The van der Waals surface area contributed by atoms with Crippen LogP contribution in [0.5, 0.6) is 5.75 Å². The molecule has 0 aromatic heterocycles. The number of anilines is 1. The van der Waals surface area contributed by atoms with Gasteiger partial charge in [-0.05, 0) is 48.7 Å². The van der Waals surface area contributed by atoms with Crippen LogP contribution in [0.15, 0.2) is 36.4 Å². The van der Waals surface area contributed by atoms with E-state index in [9.17, 15) is 4.39 Å². The summed E-state index contributed by atoms with van der Waals surface area (Å²) in [6.45, 7) is 4.71. The predicted molar refractivity (Wildman–Crippen MR) is 78.8 cm³/mol. The first kappa shape index (κ1) is 13.0. The average Bonchev–Trinajstić information content (AvgIpc) is 2.90. The highest BCUT2D eigenvalue weighted by Gasteiger charge is 2.15. The van der Waals surface area contributed by atoms with E-state index in [4.69, 9.17) is 4.74 Å². The molecule has 1 heterocycles. The molecule has 1 atom stereocenters. The number of ether oxygens (including phenoxy) is 1. The maximum atomic E-state index is 13.9. The maximum absolute atomic E-state index is 13.9. The molecule has 1 aliphatic heterocycles. The fraction of sp³-hybridized carbons (Fsp3) is 0.294. The molecule has 1 N–H and O–H groups in total. The van der Waals surface area contributed by atoms with Gasteiger partial charge in [-0.25, -0.2) is 4.39 Å². The minimum Gasteiger partial charge on any atom is -0.493 e. The Morgan fingerprint density at radius 3 is 2.90 bits per heavy atom. The topological polar surface area (TPSA) is 21.3 Å². The summed E-state index contributed by atoms with van der Waals surface area (Å²) in [5.74, 6) is 0.768. The van der Waals surface area contributed by atoms with Crippen molar-refractivity contribution in [2.45, 2.75) is 26.3 Å². The SMILES string of the molecule is Cc1cccc(F)c1NC(C)c1ccc2c(c1)CCO2. The monoisotopic (exact) mass is 271 g/mol. The van der Waals surface area contributed by atoms with E-state index in [2.05, 4.69) is 11.4 Å². The van der Waals surface area contributed by atoms with Gasteiger partial charge >= 0.3 is 0 Å². The largest absolute Gasteiger partial charge is 0.493 e. The summed E-state index contributed by atoms with van der Waals surface area (Å²) in [6, 6.07) is 11.4. The molecule has 0 radical (unpaired) electrons. The highest BCUT2D eigenvalue weighted by molar-refractivity contribution is 5.53. The number of fused-ring (bicyclic) bond motifs is 1. The fourth-order valence-electron chi connectivity index (χ4n) is 2.59. The first-order valence-corrected chi connectivity index (χ1v) is 6.92. The number of aryl methyl sites for hydroxylation is 1. The zero-order valence-electron chi connectivity index (χ0n) is 11.7. The van der Waals surface area contributed by atoms with Gasteiger partial charge in [0.15, 0.2) is 0 Å². The molecular weight excluding hydrogens is 253 g/mol. The number of para-hydroxylation sites is 1. The number of hydrogen-bond acceptors (Lipinski definition) is 2. The van der Waals surface area contributed by atoms with E-state index in [0.29, 0.717) is 5.69 Å². The molecule has 0 saturated heterocycles. The third kappa shape index (κ3) is 2.36. The molecule has 2 nitrogen and oxygen atoms in total. The van der Waals surface area contributed by atoms with Crippen molar-refractivity contribution >= 4 is 5.69 Å². The fourth-order valence-corrected chi connectivity index (χ4v) is 2.59. The van der Waals surface area contributed by atoms with E-state index in [1.165, 1.54) is 11.6 Å². The molecule has 0 aliphatic carbocycles. The lowest BCUT2D eigenvalue weighted by atomic mass is 10.0. The van der Waals surface area contributed by atoms with Crippen LogP contribution in [0.25, 0.3) is 0 Å². The second-order valence-corrected chi connectivity index (χ2v) is 5.26. The van der Waals surface area contributed by atoms with Gasteiger partial charge in [0, 0.05) is 12.5 Å². The average molecular weight is 271 g/mol. The molecule has 1 aliphatic rings. The Labute approximate surface area is 118 Å². The van der Waals surface area contributed by atoms with E-state index in [1.54, 1.807) is 6.07 Å². The molecule has 0 spiro atoms. The summed E-state index contributed by atoms with van der Waals surface area (Å²) in [5, 5.41) is 3.27. The van der Waals surface area contributed by atoms with E-state index in [1.807, 2.05) is 32.0 Å². The molecule has 0 saturated carbocycles. The van der Waals surface area contributed by atoms with Crippen LogP contribution < -0.4 is 10.1 Å². The van der Waals surface area contributed by atoms with Gasteiger partial charge < -0.3 is 10.1 Å². The smallest absolute Gasteiger partial charge is 0.146 e. The van der Waals surface area contributed by atoms with Crippen molar-refractivity contribution in [2.75, 3.05) is 11.9 Å². The highest BCUT2D eigenvalue weighted by atomic mass is 19.1. The number of rotatable bonds is 3. The minimum atomic E-state index is -0.207. The van der Waals surface area contributed by atoms with Crippen LogP contribution in [-0.4, -0.2) is 6.61 Å². The molecule has 20 heavy (non-hydrogen) atoms. The van der Waals surface area contributed by atoms with Gasteiger partial charge in [-0.3, -0.25) is 0 Å². The molecule has 2 aromatic carbocycles. The Kier molecular flexibility index (Phi) is 3.35. The van der Waals surface area contributed by atoms with Crippen molar-refractivity contribution in [2.24, 2.45) is 0 Å². The van der Waals surface area contributed by atoms with E-state index >= 15 is 0 Å². The van der Waals surface area contributed by atoms with Crippen molar-refractivity contribution in [3.05, 3.63) is 58.9 Å². The van der Waals surface area contributed by atoms with E-state index in [-0.39, 0.29) is 11.9 Å². The van der Waals surface area contributed by atoms with Crippen LogP contribution in [-0.2, 0) is 6.42 Å². The molecule has 3 rings (SSSR count). The van der Waals surface area contributed by atoms with Gasteiger partial charge in [0.1, 0.15) is 11.6 Å². The normalized spacial score (nSPS) is 14.6. The second kappa shape index (κ2) is 5.16. The molecule has 0 fully saturated rings. The maximum Gasteiger partial charge on any atom is 0.146 e. The van der Waals surface area contributed by atoms with Crippen molar-refractivity contribution in [3.8, 4) is 5.75 Å². The van der Waals surface area contributed by atoms with Gasteiger partial charge in [-0.1, -0.05) is 18.2 Å². The lowest BCUT2D eigenvalue weighted by molar-refractivity contribution is 0.357. The van der Waals surface area contributed by atoms with Gasteiger partial charge in [0.25, 0.3) is 0 Å². The summed E-state index contributed by atoms with van der Waals surface area (Å²) in [4.78, 5) is 0. The van der Waals surface area contributed by atoms with Crippen LogP contribution in [0.1, 0.15) is 29.7 Å². The highest BCUT2D eigenvalue weighted by Crippen LogP contribution is 2.30. The molecule has 2 aromatic rings. The summed E-state index contributed by atoms with van der Waals surface area (Å²) in [7, 11) is 0. The van der Waals surface area contributed by atoms with Gasteiger partial charge in [0.05, 0.1) is 12.3 Å². The summed E-state index contributed by atoms with van der Waals surface area (Å²) in [5.41, 5.74) is 3.89. The van der Waals surface area contributed by atoms with Crippen molar-refractivity contribution in [1.82, 2.24) is 0 Å². The number of nitrogens with one attached hydrogen (secondary N) is 1. The zero-order valence-corrected chi connectivity index (χ0v) is 11.7. The van der Waals surface area contributed by atoms with Crippen LogP contribution in [0, 0.1) is 12.7 Å². The first-order chi connectivity index (χ1) is 9.65. The third-order valence-electron chi connectivity index (χ3n) is 3.80. The summed E-state index contributed by atoms with van der Waals surface area (Å²) >= 11 is 0. The van der Waals surface area contributed by atoms with Crippen LogP contribution in [0.3, 0.4) is 0 Å². The standard InChI is InChI=1S/C17H18FNO/c1-11-4-3-5-15(18)17(11)19-12(2)13-6-7-16-14(10-13)8-9-20-16/h3-7,10,12,19H,8-9H2,1-2H3. The van der Waals surface area contributed by atoms with Crippen molar-refractivity contribution < 1.29 is 9.13 Å². The lowest BCUT2D eigenvalue weighted by Crippen LogP contribution is -2.09. The van der Waals surface area contributed by atoms with Gasteiger partial charge in [0.2, 0.25) is 0 Å². The molecule has 0 amide bonds. The van der Waals surface area contributed by atoms with Crippen LogP contribution in [0.4, 0.5) is 10.1 Å². The van der Waals surface area contributed by atoms with Crippen LogP contribution in [0.2, 0.25) is 0 Å². The van der Waals surface area contributed by atoms with E-state index < -0.39 is 0 Å². The Balaban J connectivity index is 1.84. The Morgan fingerprint density at radius 1 is 1.25 bits per heavy atom. The molecule has 0 bridgehead atoms. The predicted octanol–water partition coefficient (Wildman–Crippen LogP) is 4.24. The zero-order chi connectivity index (χ0) is 14.1. The van der Waals surface area contributed by atoms with Crippen molar-refractivity contribution in [1.29, 1.82) is 0 Å². The summed E-state index contributed by atoms with van der Waals surface area (Å²) < 4.78 is 19.4. The third-order valence-corrected chi connectivity index (χ3v) is 3.80. The second-order valence-electron chi connectivity index (χ2n) is 5.26. The molecule has 1 unspecified atom stereocenters. The summed E-state index contributed by atoms with van der Waals surface area (Å²) in [6.07, 6.45) is 0.953. The lowest BCUT2D eigenvalue weighted by Gasteiger charge is -2.18.